The van der Waals surface area contributed by atoms with E-state index in [9.17, 15) is 0 Å². The molecule has 21 heavy (non-hydrogen) atoms. The van der Waals surface area contributed by atoms with Gasteiger partial charge in [-0.3, -0.25) is 0 Å². The lowest BCUT2D eigenvalue weighted by Crippen LogP contribution is -2.19. The Labute approximate surface area is 139 Å². The Kier molecular flexibility index (Phi) is 6.21. The third-order valence-corrected chi connectivity index (χ3v) is 4.48. The molecule has 0 unspecified atom stereocenters. The maximum Gasteiger partial charge on any atom is 0.192 e. The van der Waals surface area contributed by atoms with E-state index >= 15 is 0 Å². The van der Waals surface area contributed by atoms with E-state index in [0.717, 1.165) is 33.2 Å². The van der Waals surface area contributed by atoms with Gasteiger partial charge in [0.25, 0.3) is 0 Å². The van der Waals surface area contributed by atoms with Crippen LogP contribution in [-0.4, -0.2) is 16.5 Å². The van der Waals surface area contributed by atoms with Gasteiger partial charge in [-0.1, -0.05) is 35.8 Å². The Morgan fingerprint density at radius 1 is 1.24 bits per heavy atom. The summed E-state index contributed by atoms with van der Waals surface area (Å²) in [4.78, 5) is 9.78. The second kappa shape index (κ2) is 7.92. The Morgan fingerprint density at radius 3 is 2.57 bits per heavy atom. The minimum atomic E-state index is 0.664. The van der Waals surface area contributed by atoms with Gasteiger partial charge in [-0.15, -0.1) is 0 Å². The standard InChI is InChI=1S/C16H20BrN3S/c1-11(2)7-18-10-13-4-5-14(6-15(13)17)21-16-19-8-12(3)9-20-16/h4-6,8-9,11,18H,7,10H2,1-3H3. The van der Waals surface area contributed by atoms with Crippen LogP contribution in [0.15, 0.2) is 45.1 Å². The topological polar surface area (TPSA) is 37.8 Å². The largest absolute Gasteiger partial charge is 0.312 e. The van der Waals surface area contributed by atoms with Crippen molar-refractivity contribution in [3.63, 3.8) is 0 Å². The zero-order valence-electron chi connectivity index (χ0n) is 12.6. The van der Waals surface area contributed by atoms with Gasteiger partial charge in [0.2, 0.25) is 0 Å². The van der Waals surface area contributed by atoms with Crippen molar-refractivity contribution in [3.05, 3.63) is 46.2 Å². The highest BCUT2D eigenvalue weighted by Gasteiger charge is 2.05. The molecule has 0 bridgehead atoms. The Balaban J connectivity index is 1.99. The summed E-state index contributed by atoms with van der Waals surface area (Å²) in [7, 11) is 0. The van der Waals surface area contributed by atoms with E-state index in [2.05, 4.69) is 63.3 Å². The summed E-state index contributed by atoms with van der Waals surface area (Å²) in [5.41, 5.74) is 2.34. The van der Waals surface area contributed by atoms with E-state index in [1.165, 1.54) is 5.56 Å². The number of hydrogen-bond donors (Lipinski definition) is 1. The fourth-order valence-corrected chi connectivity index (χ4v) is 3.17. The van der Waals surface area contributed by atoms with Gasteiger partial charge >= 0.3 is 0 Å². The maximum absolute atomic E-state index is 4.32. The Morgan fingerprint density at radius 2 is 1.95 bits per heavy atom. The molecule has 3 nitrogen and oxygen atoms in total. The lowest BCUT2D eigenvalue weighted by Gasteiger charge is -2.10. The zero-order valence-corrected chi connectivity index (χ0v) is 15.0. The Bertz CT molecular complexity index is 585. The summed E-state index contributed by atoms with van der Waals surface area (Å²) >= 11 is 5.22. The van der Waals surface area contributed by atoms with Crippen LogP contribution < -0.4 is 5.32 Å². The molecule has 112 valence electrons. The first-order valence-electron chi connectivity index (χ1n) is 7.00. The molecule has 0 saturated heterocycles. The van der Waals surface area contributed by atoms with E-state index < -0.39 is 0 Å². The van der Waals surface area contributed by atoms with Gasteiger partial charge in [-0.25, -0.2) is 9.97 Å². The van der Waals surface area contributed by atoms with Gasteiger partial charge in [-0.2, -0.15) is 0 Å². The van der Waals surface area contributed by atoms with E-state index in [1.54, 1.807) is 11.8 Å². The van der Waals surface area contributed by atoms with Crippen molar-refractivity contribution in [2.45, 2.75) is 37.4 Å². The van der Waals surface area contributed by atoms with Crippen LogP contribution >= 0.6 is 27.7 Å². The molecule has 0 radical (unpaired) electrons. The lowest BCUT2D eigenvalue weighted by molar-refractivity contribution is 0.551. The number of rotatable bonds is 6. The summed E-state index contributed by atoms with van der Waals surface area (Å²) in [6.45, 7) is 8.32. The minimum absolute atomic E-state index is 0.664. The number of benzene rings is 1. The number of nitrogens with zero attached hydrogens (tertiary/aromatic N) is 2. The van der Waals surface area contributed by atoms with Gasteiger partial charge in [0, 0.05) is 28.3 Å². The predicted octanol–water partition coefficient (Wildman–Crippen LogP) is 4.44. The van der Waals surface area contributed by atoms with Crippen LogP contribution in [0, 0.1) is 12.8 Å². The average Bonchev–Trinajstić information content (AvgIpc) is 2.43. The van der Waals surface area contributed by atoms with Gasteiger partial charge in [0.05, 0.1) is 0 Å². The van der Waals surface area contributed by atoms with Gasteiger partial charge in [0.15, 0.2) is 5.16 Å². The molecule has 0 aliphatic carbocycles. The van der Waals surface area contributed by atoms with Crippen LogP contribution in [0.1, 0.15) is 25.0 Å². The fourth-order valence-electron chi connectivity index (χ4n) is 1.77. The number of aryl methyl sites for hydroxylation is 1. The van der Waals surface area contributed by atoms with Gasteiger partial charge in [-0.05, 0) is 54.4 Å². The molecule has 2 aromatic rings. The van der Waals surface area contributed by atoms with Crippen molar-refractivity contribution in [2.24, 2.45) is 5.92 Å². The molecule has 5 heteroatoms. The first kappa shape index (κ1) is 16.5. The van der Waals surface area contributed by atoms with Crippen LogP contribution in [-0.2, 0) is 6.54 Å². The molecule has 1 aromatic heterocycles. The van der Waals surface area contributed by atoms with E-state index in [-0.39, 0.29) is 0 Å². The minimum Gasteiger partial charge on any atom is -0.312 e. The van der Waals surface area contributed by atoms with E-state index in [4.69, 9.17) is 0 Å². The molecule has 0 aliphatic rings. The first-order chi connectivity index (χ1) is 10.0. The summed E-state index contributed by atoms with van der Waals surface area (Å²) in [5, 5.41) is 4.23. The highest BCUT2D eigenvalue weighted by Crippen LogP contribution is 2.28. The third kappa shape index (κ3) is 5.41. The zero-order chi connectivity index (χ0) is 15.2. The Hall–Kier alpha value is -0.910. The summed E-state index contributed by atoms with van der Waals surface area (Å²) in [6, 6.07) is 6.39. The average molecular weight is 366 g/mol. The molecule has 0 spiro atoms. The van der Waals surface area contributed by atoms with Gasteiger partial charge < -0.3 is 5.32 Å². The summed E-state index contributed by atoms with van der Waals surface area (Å²) < 4.78 is 1.12. The third-order valence-electron chi connectivity index (χ3n) is 2.86. The molecule has 0 saturated carbocycles. The van der Waals surface area contributed by atoms with Crippen LogP contribution in [0.3, 0.4) is 0 Å². The van der Waals surface area contributed by atoms with Crippen molar-refractivity contribution in [1.82, 2.24) is 15.3 Å². The molecule has 0 atom stereocenters. The molecule has 1 N–H and O–H groups in total. The molecule has 0 fully saturated rings. The first-order valence-corrected chi connectivity index (χ1v) is 8.61. The van der Waals surface area contributed by atoms with E-state index in [1.807, 2.05) is 19.3 Å². The van der Waals surface area contributed by atoms with Crippen molar-refractivity contribution in [3.8, 4) is 0 Å². The fraction of sp³-hybridized carbons (Fsp3) is 0.375. The molecule has 2 rings (SSSR count). The quantitative estimate of drug-likeness (QED) is 0.767. The molecule has 1 heterocycles. The SMILES string of the molecule is Cc1cnc(Sc2ccc(CNCC(C)C)c(Br)c2)nc1. The summed E-state index contributed by atoms with van der Waals surface area (Å²) in [5.74, 6) is 0.664. The van der Waals surface area contributed by atoms with Crippen molar-refractivity contribution >= 4 is 27.7 Å². The van der Waals surface area contributed by atoms with Crippen LogP contribution in [0.25, 0.3) is 0 Å². The number of nitrogens with one attached hydrogen (secondary N) is 1. The number of halogens is 1. The molecule has 1 aromatic carbocycles. The van der Waals surface area contributed by atoms with Crippen molar-refractivity contribution < 1.29 is 0 Å². The highest BCUT2D eigenvalue weighted by atomic mass is 79.9. The normalized spacial score (nSPS) is 11.1. The number of hydrogen-bond acceptors (Lipinski definition) is 4. The summed E-state index contributed by atoms with van der Waals surface area (Å²) in [6.07, 6.45) is 3.68. The van der Waals surface area contributed by atoms with Gasteiger partial charge in [0.1, 0.15) is 0 Å². The molecule has 0 amide bonds. The highest BCUT2D eigenvalue weighted by molar-refractivity contribution is 9.10. The molecular weight excluding hydrogens is 346 g/mol. The second-order valence-electron chi connectivity index (χ2n) is 5.42. The molecule has 0 aliphatic heterocycles. The van der Waals surface area contributed by atoms with Crippen molar-refractivity contribution in [2.75, 3.05) is 6.54 Å². The predicted molar refractivity (Wildman–Crippen MR) is 91.6 cm³/mol. The van der Waals surface area contributed by atoms with Crippen molar-refractivity contribution in [1.29, 1.82) is 0 Å². The van der Waals surface area contributed by atoms with Crippen LogP contribution in [0.2, 0.25) is 0 Å². The number of aromatic nitrogens is 2. The maximum atomic E-state index is 4.32. The van der Waals surface area contributed by atoms with Crippen LogP contribution in [0.4, 0.5) is 0 Å². The second-order valence-corrected chi connectivity index (χ2v) is 7.32. The smallest absolute Gasteiger partial charge is 0.192 e. The monoisotopic (exact) mass is 365 g/mol. The molecular formula is C16H20BrN3S. The lowest BCUT2D eigenvalue weighted by atomic mass is 10.2. The van der Waals surface area contributed by atoms with Crippen LogP contribution in [0.5, 0.6) is 0 Å². The van der Waals surface area contributed by atoms with E-state index in [0.29, 0.717) is 5.92 Å².